The van der Waals surface area contributed by atoms with E-state index in [2.05, 4.69) is 4.99 Å². The van der Waals surface area contributed by atoms with Crippen molar-refractivity contribution in [2.24, 2.45) is 4.99 Å². The first-order valence-corrected chi connectivity index (χ1v) is 3.71. The molecule has 0 atom stereocenters. The summed E-state index contributed by atoms with van der Waals surface area (Å²) in [6.45, 7) is 1.61. The molecule has 4 heteroatoms. The predicted molar refractivity (Wildman–Crippen MR) is 43.9 cm³/mol. The number of fused-ring (bicyclic) bond motifs is 1. The summed E-state index contributed by atoms with van der Waals surface area (Å²) in [5.41, 5.74) is 0.298. The van der Waals surface area contributed by atoms with Crippen molar-refractivity contribution >= 4 is 11.8 Å². The van der Waals surface area contributed by atoms with Crippen LogP contribution in [-0.2, 0) is 4.79 Å². The number of carbonyl (C=O) groups is 1. The Labute approximate surface area is 69.5 Å². The van der Waals surface area contributed by atoms with E-state index in [0.29, 0.717) is 5.57 Å². The van der Waals surface area contributed by atoms with Crippen molar-refractivity contribution in [3.8, 4) is 0 Å². The van der Waals surface area contributed by atoms with E-state index >= 15 is 0 Å². The summed E-state index contributed by atoms with van der Waals surface area (Å²) in [5, 5.41) is 8.67. The number of aliphatic imine (C=N–C) groups is 1. The van der Waals surface area contributed by atoms with Gasteiger partial charge >= 0.3 is 5.97 Å². The van der Waals surface area contributed by atoms with Gasteiger partial charge in [-0.2, -0.15) is 0 Å². The van der Waals surface area contributed by atoms with Gasteiger partial charge in [0.2, 0.25) is 0 Å². The van der Waals surface area contributed by atoms with E-state index in [1.54, 1.807) is 18.4 Å². The smallest absolute Gasteiger partial charge is 0.335 e. The molecule has 0 aromatic rings. The van der Waals surface area contributed by atoms with Crippen molar-refractivity contribution in [2.45, 2.75) is 0 Å². The quantitative estimate of drug-likeness (QED) is 0.604. The zero-order valence-electron chi connectivity index (χ0n) is 6.40. The van der Waals surface area contributed by atoms with Crippen LogP contribution in [0.2, 0.25) is 0 Å². The fraction of sp³-hybridized carbons (Fsp3) is 0.250. The Bertz CT molecular complexity index is 315. The number of carboxylic acids is 1. The number of aliphatic carboxylic acids is 1. The molecule has 0 amide bonds. The second kappa shape index (κ2) is 2.48. The highest BCUT2D eigenvalue weighted by molar-refractivity contribution is 6.04. The van der Waals surface area contributed by atoms with Crippen molar-refractivity contribution in [1.82, 2.24) is 4.90 Å². The molecule has 0 saturated heterocycles. The summed E-state index contributed by atoms with van der Waals surface area (Å²) in [4.78, 5) is 16.6. The third-order valence-corrected chi connectivity index (χ3v) is 1.87. The van der Waals surface area contributed by atoms with E-state index in [1.165, 1.54) is 0 Å². The SMILES string of the molecule is O=C(O)C1=CC2=NCCN2C=C1. The zero-order chi connectivity index (χ0) is 8.55. The minimum atomic E-state index is -0.902. The molecule has 2 aliphatic rings. The van der Waals surface area contributed by atoms with Crippen LogP contribution in [0.5, 0.6) is 0 Å². The molecular weight excluding hydrogens is 156 g/mol. The van der Waals surface area contributed by atoms with Crippen LogP contribution in [0, 0.1) is 0 Å². The zero-order valence-corrected chi connectivity index (χ0v) is 6.40. The van der Waals surface area contributed by atoms with Crippen LogP contribution < -0.4 is 0 Å². The highest BCUT2D eigenvalue weighted by Gasteiger charge is 2.18. The summed E-state index contributed by atoms with van der Waals surface area (Å²) in [6, 6.07) is 0. The largest absolute Gasteiger partial charge is 0.478 e. The van der Waals surface area contributed by atoms with Gasteiger partial charge in [-0.3, -0.25) is 4.99 Å². The monoisotopic (exact) mass is 164 g/mol. The predicted octanol–water partition coefficient (Wildman–Crippen LogP) is 0.239. The Morgan fingerprint density at radius 3 is 3.25 bits per heavy atom. The van der Waals surface area contributed by atoms with Crippen molar-refractivity contribution in [2.75, 3.05) is 13.1 Å². The standard InChI is InChI=1S/C8H8N2O2/c11-8(12)6-1-3-10-4-2-9-7(10)5-6/h1,3,5H,2,4H2,(H,11,12). The topological polar surface area (TPSA) is 52.9 Å². The van der Waals surface area contributed by atoms with E-state index in [4.69, 9.17) is 5.11 Å². The molecule has 0 aromatic carbocycles. The van der Waals surface area contributed by atoms with Gasteiger partial charge in [0.25, 0.3) is 0 Å². The molecule has 2 heterocycles. The first kappa shape index (κ1) is 7.09. The first-order chi connectivity index (χ1) is 5.77. The second-order valence-corrected chi connectivity index (χ2v) is 2.65. The third kappa shape index (κ3) is 1.01. The fourth-order valence-electron chi connectivity index (χ4n) is 1.25. The van der Waals surface area contributed by atoms with Gasteiger partial charge in [-0.25, -0.2) is 4.79 Å². The molecule has 1 N–H and O–H groups in total. The lowest BCUT2D eigenvalue weighted by atomic mass is 10.2. The molecule has 0 bridgehead atoms. The molecule has 0 saturated carbocycles. The molecule has 0 aliphatic carbocycles. The van der Waals surface area contributed by atoms with Gasteiger partial charge in [0.05, 0.1) is 12.1 Å². The number of hydrogen-bond donors (Lipinski definition) is 1. The molecule has 4 nitrogen and oxygen atoms in total. The van der Waals surface area contributed by atoms with Crippen molar-refractivity contribution in [3.05, 3.63) is 23.9 Å². The van der Waals surface area contributed by atoms with Crippen LogP contribution in [0.15, 0.2) is 28.9 Å². The van der Waals surface area contributed by atoms with Crippen LogP contribution in [0.1, 0.15) is 0 Å². The molecule has 0 aromatic heterocycles. The van der Waals surface area contributed by atoms with Crippen molar-refractivity contribution in [3.63, 3.8) is 0 Å². The number of carboxylic acid groups (broad SMARTS) is 1. The molecule has 0 radical (unpaired) electrons. The van der Waals surface area contributed by atoms with Crippen molar-refractivity contribution < 1.29 is 9.90 Å². The molecule has 2 aliphatic heterocycles. The van der Waals surface area contributed by atoms with Crippen LogP contribution in [0.25, 0.3) is 0 Å². The maximum absolute atomic E-state index is 10.5. The van der Waals surface area contributed by atoms with Crippen molar-refractivity contribution in [1.29, 1.82) is 0 Å². The summed E-state index contributed by atoms with van der Waals surface area (Å²) in [5.74, 6) is -0.143. The van der Waals surface area contributed by atoms with Crippen LogP contribution in [0.4, 0.5) is 0 Å². The van der Waals surface area contributed by atoms with Crippen LogP contribution >= 0.6 is 0 Å². The Hall–Kier alpha value is -1.58. The molecule has 0 fully saturated rings. The molecule has 2 rings (SSSR count). The van der Waals surface area contributed by atoms with Gasteiger partial charge in [0, 0.05) is 12.7 Å². The molecular formula is C8H8N2O2. The first-order valence-electron chi connectivity index (χ1n) is 3.71. The number of amidine groups is 1. The lowest BCUT2D eigenvalue weighted by Crippen LogP contribution is -2.23. The highest BCUT2D eigenvalue weighted by atomic mass is 16.4. The molecule has 0 spiro atoms. The maximum atomic E-state index is 10.5. The number of rotatable bonds is 1. The number of nitrogens with zero attached hydrogens (tertiary/aromatic N) is 2. The Morgan fingerprint density at radius 2 is 2.50 bits per heavy atom. The van der Waals surface area contributed by atoms with E-state index in [1.807, 2.05) is 4.90 Å². The lowest BCUT2D eigenvalue weighted by molar-refractivity contribution is -0.132. The molecule has 12 heavy (non-hydrogen) atoms. The van der Waals surface area contributed by atoms with E-state index in [0.717, 1.165) is 18.9 Å². The Kier molecular flexibility index (Phi) is 1.46. The second-order valence-electron chi connectivity index (χ2n) is 2.65. The molecule has 0 unspecified atom stereocenters. The van der Waals surface area contributed by atoms with Gasteiger partial charge in [-0.1, -0.05) is 0 Å². The summed E-state index contributed by atoms with van der Waals surface area (Å²) < 4.78 is 0. The van der Waals surface area contributed by atoms with Gasteiger partial charge < -0.3 is 10.0 Å². The van der Waals surface area contributed by atoms with Gasteiger partial charge in [0.15, 0.2) is 0 Å². The lowest BCUT2D eigenvalue weighted by Gasteiger charge is -2.16. The summed E-state index contributed by atoms with van der Waals surface area (Å²) in [7, 11) is 0. The minimum absolute atomic E-state index is 0.298. The van der Waals surface area contributed by atoms with Gasteiger partial charge in [-0.05, 0) is 12.2 Å². The van der Waals surface area contributed by atoms with Gasteiger partial charge in [-0.15, -0.1) is 0 Å². The van der Waals surface area contributed by atoms with E-state index < -0.39 is 5.97 Å². The average molecular weight is 164 g/mol. The Balaban J connectivity index is 2.31. The Morgan fingerprint density at radius 1 is 1.67 bits per heavy atom. The fourth-order valence-corrected chi connectivity index (χ4v) is 1.25. The molecule has 62 valence electrons. The summed E-state index contributed by atoms with van der Waals surface area (Å²) >= 11 is 0. The average Bonchev–Trinajstić information content (AvgIpc) is 2.49. The minimum Gasteiger partial charge on any atom is -0.478 e. The summed E-state index contributed by atoms with van der Waals surface area (Å²) in [6.07, 6.45) is 4.94. The van der Waals surface area contributed by atoms with Crippen LogP contribution in [-0.4, -0.2) is 34.9 Å². The van der Waals surface area contributed by atoms with E-state index in [9.17, 15) is 4.79 Å². The normalized spacial score (nSPS) is 20.2. The van der Waals surface area contributed by atoms with Crippen LogP contribution in [0.3, 0.4) is 0 Å². The highest BCUT2D eigenvalue weighted by Crippen LogP contribution is 2.13. The van der Waals surface area contributed by atoms with E-state index in [-0.39, 0.29) is 0 Å². The van der Waals surface area contributed by atoms with Gasteiger partial charge in [0.1, 0.15) is 5.84 Å². The maximum Gasteiger partial charge on any atom is 0.335 e. The number of hydrogen-bond acceptors (Lipinski definition) is 3. The third-order valence-electron chi connectivity index (χ3n) is 1.87.